The second kappa shape index (κ2) is 4.40. The van der Waals surface area contributed by atoms with Crippen LogP contribution in [0.4, 0.5) is 0 Å². The summed E-state index contributed by atoms with van der Waals surface area (Å²) < 4.78 is 1.66. The standard InChI is InChI=1S/C11H13N3O3/c1-2-3-4-14-6-8-7(11(16)17)5-9(15)12-10(8)13-14/h5-6H,2-4H2,1H3,(H,16,17)(H,12,13,15). The number of fused-ring (bicyclic) bond motifs is 1. The van der Waals surface area contributed by atoms with Crippen molar-refractivity contribution in [3.63, 3.8) is 0 Å². The van der Waals surface area contributed by atoms with Crippen LogP contribution in [0.25, 0.3) is 11.0 Å². The maximum absolute atomic E-state index is 11.3. The number of aryl methyl sites for hydroxylation is 1. The maximum atomic E-state index is 11.3. The van der Waals surface area contributed by atoms with E-state index in [1.165, 1.54) is 0 Å². The lowest BCUT2D eigenvalue weighted by atomic mass is 10.2. The third-order valence-electron chi connectivity index (χ3n) is 2.54. The number of aromatic amines is 1. The Morgan fingerprint density at radius 1 is 1.59 bits per heavy atom. The number of aromatic carboxylic acids is 1. The molecule has 0 fully saturated rings. The second-order valence-electron chi connectivity index (χ2n) is 3.86. The molecular weight excluding hydrogens is 222 g/mol. The van der Waals surface area contributed by atoms with Crippen LogP contribution >= 0.6 is 0 Å². The van der Waals surface area contributed by atoms with Crippen molar-refractivity contribution in [3.8, 4) is 0 Å². The Morgan fingerprint density at radius 2 is 2.35 bits per heavy atom. The summed E-state index contributed by atoms with van der Waals surface area (Å²) in [7, 11) is 0. The van der Waals surface area contributed by atoms with E-state index in [0.717, 1.165) is 18.9 Å². The Bertz CT molecular complexity index is 612. The topological polar surface area (TPSA) is 88.0 Å². The third kappa shape index (κ3) is 2.20. The van der Waals surface area contributed by atoms with E-state index in [9.17, 15) is 9.59 Å². The number of H-pyrrole nitrogens is 1. The van der Waals surface area contributed by atoms with Crippen LogP contribution in [0, 0.1) is 0 Å². The van der Waals surface area contributed by atoms with Crippen LogP contribution in [0.5, 0.6) is 0 Å². The van der Waals surface area contributed by atoms with Crippen LogP contribution in [0.1, 0.15) is 30.1 Å². The highest BCUT2D eigenvalue weighted by Gasteiger charge is 2.13. The summed E-state index contributed by atoms with van der Waals surface area (Å²) >= 11 is 0. The first-order valence-corrected chi connectivity index (χ1v) is 5.45. The molecule has 90 valence electrons. The fraction of sp³-hybridized carbons (Fsp3) is 0.364. The number of aromatic nitrogens is 3. The number of nitrogens with zero attached hydrogens (tertiary/aromatic N) is 2. The van der Waals surface area contributed by atoms with Gasteiger partial charge in [-0.2, -0.15) is 5.10 Å². The number of carboxylic acids is 1. The molecule has 2 N–H and O–H groups in total. The quantitative estimate of drug-likeness (QED) is 0.834. The van der Waals surface area contributed by atoms with Gasteiger partial charge >= 0.3 is 5.97 Å². The first kappa shape index (κ1) is 11.4. The van der Waals surface area contributed by atoms with Gasteiger partial charge in [-0.05, 0) is 6.42 Å². The van der Waals surface area contributed by atoms with Crippen molar-refractivity contribution < 1.29 is 9.90 Å². The number of carboxylic acid groups (broad SMARTS) is 1. The molecule has 6 heteroatoms. The molecule has 0 spiro atoms. The molecule has 0 aliphatic rings. The summed E-state index contributed by atoms with van der Waals surface area (Å²) in [4.78, 5) is 24.8. The summed E-state index contributed by atoms with van der Waals surface area (Å²) in [5.74, 6) is -1.11. The molecule has 0 radical (unpaired) electrons. The van der Waals surface area contributed by atoms with Gasteiger partial charge in [0.15, 0.2) is 5.65 Å². The molecule has 0 aliphatic heterocycles. The number of carbonyl (C=O) groups is 1. The number of hydrogen-bond acceptors (Lipinski definition) is 3. The molecule has 0 aliphatic carbocycles. The normalized spacial score (nSPS) is 10.9. The Balaban J connectivity index is 2.55. The van der Waals surface area contributed by atoms with E-state index in [4.69, 9.17) is 5.11 Å². The molecule has 2 aromatic rings. The number of pyridine rings is 1. The summed E-state index contributed by atoms with van der Waals surface area (Å²) in [5, 5.41) is 13.6. The van der Waals surface area contributed by atoms with Crippen molar-refractivity contribution >= 4 is 17.0 Å². The number of unbranched alkanes of at least 4 members (excludes halogenated alkanes) is 1. The third-order valence-corrected chi connectivity index (χ3v) is 2.54. The van der Waals surface area contributed by atoms with E-state index in [1.807, 2.05) is 0 Å². The summed E-state index contributed by atoms with van der Waals surface area (Å²) in [6.45, 7) is 2.78. The molecule has 0 bridgehead atoms. The molecule has 17 heavy (non-hydrogen) atoms. The van der Waals surface area contributed by atoms with E-state index < -0.39 is 11.5 Å². The van der Waals surface area contributed by atoms with Gasteiger partial charge in [-0.3, -0.25) is 9.48 Å². The zero-order valence-electron chi connectivity index (χ0n) is 9.43. The summed E-state index contributed by atoms with van der Waals surface area (Å²) in [5.41, 5.74) is -0.131. The van der Waals surface area contributed by atoms with Crippen LogP contribution in [0.2, 0.25) is 0 Å². The fourth-order valence-electron chi connectivity index (χ4n) is 1.68. The van der Waals surface area contributed by atoms with E-state index in [-0.39, 0.29) is 5.56 Å². The predicted octanol–water partition coefficient (Wildman–Crippen LogP) is 1.22. The average Bonchev–Trinajstić information content (AvgIpc) is 2.67. The van der Waals surface area contributed by atoms with Gasteiger partial charge in [0, 0.05) is 18.8 Å². The SMILES string of the molecule is CCCCn1cc2c(C(=O)O)cc(=O)[nH]c2n1. The predicted molar refractivity (Wildman–Crippen MR) is 62.2 cm³/mol. The van der Waals surface area contributed by atoms with Crippen molar-refractivity contribution in [1.82, 2.24) is 14.8 Å². The van der Waals surface area contributed by atoms with Gasteiger partial charge in [0.05, 0.1) is 10.9 Å². The fourth-order valence-corrected chi connectivity index (χ4v) is 1.68. The van der Waals surface area contributed by atoms with Crippen molar-refractivity contribution in [2.45, 2.75) is 26.3 Å². The first-order chi connectivity index (χ1) is 8.11. The number of nitrogens with one attached hydrogen (secondary N) is 1. The Morgan fingerprint density at radius 3 is 3.00 bits per heavy atom. The zero-order valence-corrected chi connectivity index (χ0v) is 9.43. The highest BCUT2D eigenvalue weighted by Crippen LogP contribution is 2.13. The highest BCUT2D eigenvalue weighted by molar-refractivity contribution is 6.01. The van der Waals surface area contributed by atoms with E-state index >= 15 is 0 Å². The minimum Gasteiger partial charge on any atom is -0.478 e. The first-order valence-electron chi connectivity index (χ1n) is 5.45. The molecule has 0 aromatic carbocycles. The molecule has 0 atom stereocenters. The molecule has 0 amide bonds. The monoisotopic (exact) mass is 235 g/mol. The van der Waals surface area contributed by atoms with Crippen LogP contribution in [-0.2, 0) is 6.54 Å². The molecule has 2 rings (SSSR count). The highest BCUT2D eigenvalue weighted by atomic mass is 16.4. The largest absolute Gasteiger partial charge is 0.478 e. The van der Waals surface area contributed by atoms with Crippen molar-refractivity contribution in [2.24, 2.45) is 0 Å². The van der Waals surface area contributed by atoms with Gasteiger partial charge in [-0.15, -0.1) is 0 Å². The Labute approximate surface area is 96.9 Å². The van der Waals surface area contributed by atoms with Gasteiger partial charge in [-0.1, -0.05) is 13.3 Å². The van der Waals surface area contributed by atoms with E-state index in [0.29, 0.717) is 17.6 Å². The lowest BCUT2D eigenvalue weighted by Gasteiger charge is -1.96. The number of hydrogen-bond donors (Lipinski definition) is 2. The van der Waals surface area contributed by atoms with Crippen LogP contribution in [0.15, 0.2) is 17.1 Å². The van der Waals surface area contributed by atoms with Crippen LogP contribution < -0.4 is 5.56 Å². The number of rotatable bonds is 4. The van der Waals surface area contributed by atoms with Gasteiger partial charge in [-0.25, -0.2) is 4.79 Å². The smallest absolute Gasteiger partial charge is 0.336 e. The van der Waals surface area contributed by atoms with Crippen LogP contribution in [-0.4, -0.2) is 25.8 Å². The molecule has 6 nitrogen and oxygen atoms in total. The van der Waals surface area contributed by atoms with Gasteiger partial charge in [0.1, 0.15) is 0 Å². The van der Waals surface area contributed by atoms with Crippen molar-refractivity contribution in [1.29, 1.82) is 0 Å². The molecule has 0 unspecified atom stereocenters. The molecule has 2 aromatic heterocycles. The Hall–Kier alpha value is -2.11. The molecular formula is C11H13N3O3. The second-order valence-corrected chi connectivity index (χ2v) is 3.86. The molecule has 0 saturated heterocycles. The van der Waals surface area contributed by atoms with E-state index in [1.54, 1.807) is 10.9 Å². The van der Waals surface area contributed by atoms with E-state index in [2.05, 4.69) is 17.0 Å². The minimum absolute atomic E-state index is 0.00787. The summed E-state index contributed by atoms with van der Waals surface area (Å²) in [6, 6.07) is 1.08. The lowest BCUT2D eigenvalue weighted by Crippen LogP contribution is -2.09. The zero-order chi connectivity index (χ0) is 12.4. The Kier molecular flexibility index (Phi) is 2.95. The van der Waals surface area contributed by atoms with Crippen molar-refractivity contribution in [2.75, 3.05) is 0 Å². The van der Waals surface area contributed by atoms with Crippen molar-refractivity contribution in [3.05, 3.63) is 28.2 Å². The van der Waals surface area contributed by atoms with Gasteiger partial charge in [0.2, 0.25) is 5.56 Å². The maximum Gasteiger partial charge on any atom is 0.336 e. The molecule has 2 heterocycles. The van der Waals surface area contributed by atoms with Gasteiger partial charge < -0.3 is 10.1 Å². The minimum atomic E-state index is -1.11. The van der Waals surface area contributed by atoms with Gasteiger partial charge in [0.25, 0.3) is 0 Å². The summed E-state index contributed by atoms with van der Waals surface area (Å²) in [6.07, 6.45) is 3.64. The molecule has 0 saturated carbocycles. The average molecular weight is 235 g/mol. The lowest BCUT2D eigenvalue weighted by molar-refractivity contribution is 0.0699. The van der Waals surface area contributed by atoms with Crippen LogP contribution in [0.3, 0.4) is 0 Å².